The molecule has 1 heterocycles. The monoisotopic (exact) mass is 368 g/mol. The zero-order chi connectivity index (χ0) is 18.5. The van der Waals surface area contributed by atoms with Gasteiger partial charge in [0.05, 0.1) is 17.8 Å². The molecule has 0 spiro atoms. The lowest BCUT2D eigenvalue weighted by molar-refractivity contribution is -0.114. The van der Waals surface area contributed by atoms with Gasteiger partial charge in [-0.05, 0) is 35.9 Å². The quantitative estimate of drug-likeness (QED) is 0.719. The highest BCUT2D eigenvalue weighted by atomic mass is 35.5. The van der Waals surface area contributed by atoms with Gasteiger partial charge in [-0.3, -0.25) is 14.3 Å². The minimum Gasteiger partial charge on any atom is -0.326 e. The third-order valence-corrected chi connectivity index (χ3v) is 3.77. The highest BCUT2D eigenvalue weighted by molar-refractivity contribution is 6.30. The molecule has 0 radical (unpaired) electrons. The van der Waals surface area contributed by atoms with Crippen molar-refractivity contribution < 1.29 is 9.59 Å². The second-order valence-corrected chi connectivity index (χ2v) is 6.21. The number of rotatable bonds is 5. The predicted molar refractivity (Wildman–Crippen MR) is 101 cm³/mol. The maximum Gasteiger partial charge on any atom is 0.255 e. The molecule has 132 valence electrons. The van der Waals surface area contributed by atoms with E-state index in [1.807, 2.05) is 18.2 Å². The number of carbonyl (C=O) groups is 2. The lowest BCUT2D eigenvalue weighted by Gasteiger charge is -2.09. The molecule has 0 atom stereocenters. The third kappa shape index (κ3) is 4.70. The minimum atomic E-state index is -0.231. The zero-order valence-corrected chi connectivity index (χ0v) is 14.8. The number of carbonyl (C=O) groups excluding carboxylic acids is 2. The van der Waals surface area contributed by atoms with Crippen LogP contribution in [0.1, 0.15) is 22.8 Å². The topological polar surface area (TPSA) is 76.0 Å². The molecule has 0 unspecified atom stereocenters. The van der Waals surface area contributed by atoms with E-state index < -0.39 is 0 Å². The summed E-state index contributed by atoms with van der Waals surface area (Å²) >= 11 is 5.87. The Morgan fingerprint density at radius 3 is 2.50 bits per heavy atom. The van der Waals surface area contributed by atoms with E-state index >= 15 is 0 Å². The van der Waals surface area contributed by atoms with E-state index in [-0.39, 0.29) is 11.8 Å². The third-order valence-electron chi connectivity index (χ3n) is 3.58. The summed E-state index contributed by atoms with van der Waals surface area (Å²) in [5, 5.41) is 10.2. The van der Waals surface area contributed by atoms with E-state index in [0.29, 0.717) is 28.5 Å². The van der Waals surface area contributed by atoms with Gasteiger partial charge in [0.2, 0.25) is 5.91 Å². The molecule has 3 rings (SSSR count). The van der Waals surface area contributed by atoms with Crippen molar-refractivity contribution in [2.24, 2.45) is 0 Å². The Labute approximate surface area is 155 Å². The Balaban J connectivity index is 1.72. The fourth-order valence-corrected chi connectivity index (χ4v) is 2.66. The van der Waals surface area contributed by atoms with Crippen molar-refractivity contribution in [1.82, 2.24) is 9.78 Å². The molecule has 0 bridgehead atoms. The summed E-state index contributed by atoms with van der Waals surface area (Å²) in [6.07, 6.45) is 3.29. The molecule has 1 aromatic heterocycles. The van der Waals surface area contributed by atoms with E-state index in [4.69, 9.17) is 11.6 Å². The molecule has 0 fully saturated rings. The van der Waals surface area contributed by atoms with Gasteiger partial charge in [0, 0.05) is 30.1 Å². The maximum absolute atomic E-state index is 12.5. The van der Waals surface area contributed by atoms with E-state index in [9.17, 15) is 9.59 Å². The van der Waals surface area contributed by atoms with Gasteiger partial charge in [-0.1, -0.05) is 29.8 Å². The van der Waals surface area contributed by atoms with Gasteiger partial charge in [0.25, 0.3) is 5.91 Å². The van der Waals surface area contributed by atoms with Crippen molar-refractivity contribution in [2.45, 2.75) is 13.5 Å². The van der Waals surface area contributed by atoms with Gasteiger partial charge in [0.15, 0.2) is 0 Å². The highest BCUT2D eigenvalue weighted by Gasteiger charge is 2.08. The number of nitrogens with one attached hydrogen (secondary N) is 2. The molecule has 26 heavy (non-hydrogen) atoms. The average Bonchev–Trinajstić information content (AvgIpc) is 2.99. The van der Waals surface area contributed by atoms with Crippen LogP contribution in [0.4, 0.5) is 11.4 Å². The summed E-state index contributed by atoms with van der Waals surface area (Å²) in [5.41, 5.74) is 2.69. The smallest absolute Gasteiger partial charge is 0.255 e. The molecule has 2 aromatic carbocycles. The van der Waals surface area contributed by atoms with Crippen molar-refractivity contribution in [1.29, 1.82) is 0 Å². The van der Waals surface area contributed by atoms with E-state index in [0.717, 1.165) is 5.56 Å². The molecular formula is C19H17ClN4O2. The van der Waals surface area contributed by atoms with Crippen molar-refractivity contribution in [3.8, 4) is 0 Å². The van der Waals surface area contributed by atoms with Crippen molar-refractivity contribution >= 4 is 34.8 Å². The summed E-state index contributed by atoms with van der Waals surface area (Å²) in [6, 6.07) is 14.3. The van der Waals surface area contributed by atoms with Crippen LogP contribution in [0.15, 0.2) is 60.9 Å². The number of amides is 2. The molecule has 0 aliphatic carbocycles. The largest absolute Gasteiger partial charge is 0.326 e. The van der Waals surface area contributed by atoms with Crippen LogP contribution in [0.5, 0.6) is 0 Å². The second kappa shape index (κ2) is 7.84. The molecular weight excluding hydrogens is 352 g/mol. The Hall–Kier alpha value is -3.12. The normalized spacial score (nSPS) is 10.4. The maximum atomic E-state index is 12.5. The van der Waals surface area contributed by atoms with Crippen LogP contribution in [0.3, 0.4) is 0 Å². The molecule has 2 amide bonds. The van der Waals surface area contributed by atoms with Crippen molar-refractivity contribution in [2.75, 3.05) is 10.6 Å². The van der Waals surface area contributed by atoms with Gasteiger partial charge >= 0.3 is 0 Å². The Morgan fingerprint density at radius 1 is 1.08 bits per heavy atom. The van der Waals surface area contributed by atoms with Crippen LogP contribution >= 0.6 is 11.6 Å². The Bertz CT molecular complexity index is 952. The van der Waals surface area contributed by atoms with Crippen LogP contribution in [-0.2, 0) is 11.3 Å². The average molecular weight is 369 g/mol. The van der Waals surface area contributed by atoms with Crippen molar-refractivity contribution in [3.05, 3.63) is 77.1 Å². The first-order valence-electron chi connectivity index (χ1n) is 7.95. The van der Waals surface area contributed by atoms with E-state index in [1.54, 1.807) is 47.4 Å². The molecule has 3 aromatic rings. The highest BCUT2D eigenvalue weighted by Crippen LogP contribution is 2.17. The van der Waals surface area contributed by atoms with Gasteiger partial charge < -0.3 is 10.6 Å². The first-order valence-corrected chi connectivity index (χ1v) is 8.33. The predicted octanol–water partition coefficient (Wildman–Crippen LogP) is 3.80. The minimum absolute atomic E-state index is 0.167. The SMILES string of the molecule is CC(=O)Nc1cccc(NC(=O)c2cccc(Cn3cc(Cl)cn3)c2)c1. The van der Waals surface area contributed by atoms with Crippen LogP contribution in [0.2, 0.25) is 5.02 Å². The van der Waals surface area contributed by atoms with Gasteiger partial charge in [0.1, 0.15) is 0 Å². The molecule has 0 aliphatic rings. The number of halogens is 1. The fourth-order valence-electron chi connectivity index (χ4n) is 2.50. The first-order chi connectivity index (χ1) is 12.5. The number of nitrogens with zero attached hydrogens (tertiary/aromatic N) is 2. The lowest BCUT2D eigenvalue weighted by Crippen LogP contribution is -2.13. The standard InChI is InChI=1S/C19H17ClN4O2/c1-13(25)22-17-6-3-7-18(9-17)23-19(26)15-5-2-4-14(8-15)11-24-12-16(20)10-21-24/h2-10,12H,11H2,1H3,(H,22,25)(H,23,26). The van der Waals surface area contributed by atoms with Crippen molar-refractivity contribution in [3.63, 3.8) is 0 Å². The van der Waals surface area contributed by atoms with Crippen LogP contribution in [0, 0.1) is 0 Å². The summed E-state index contributed by atoms with van der Waals surface area (Å²) < 4.78 is 1.70. The Kier molecular flexibility index (Phi) is 5.34. The fraction of sp³-hybridized carbons (Fsp3) is 0.105. The lowest BCUT2D eigenvalue weighted by atomic mass is 10.1. The number of aromatic nitrogens is 2. The number of hydrogen-bond donors (Lipinski definition) is 2. The van der Waals surface area contributed by atoms with Crippen LogP contribution in [-0.4, -0.2) is 21.6 Å². The van der Waals surface area contributed by atoms with Gasteiger partial charge in [-0.2, -0.15) is 5.10 Å². The molecule has 2 N–H and O–H groups in total. The van der Waals surface area contributed by atoms with Crippen LogP contribution in [0.25, 0.3) is 0 Å². The number of hydrogen-bond acceptors (Lipinski definition) is 3. The summed E-state index contributed by atoms with van der Waals surface area (Å²) in [6.45, 7) is 1.95. The first kappa shape index (κ1) is 17.7. The molecule has 0 aliphatic heterocycles. The number of benzene rings is 2. The summed E-state index contributed by atoms with van der Waals surface area (Å²) in [5.74, 6) is -0.398. The Morgan fingerprint density at radius 2 is 1.81 bits per heavy atom. The summed E-state index contributed by atoms with van der Waals surface area (Å²) in [7, 11) is 0. The number of anilines is 2. The van der Waals surface area contributed by atoms with E-state index in [2.05, 4.69) is 15.7 Å². The second-order valence-electron chi connectivity index (χ2n) is 5.77. The van der Waals surface area contributed by atoms with Gasteiger partial charge in [-0.25, -0.2) is 0 Å². The molecule has 6 nitrogen and oxygen atoms in total. The molecule has 7 heteroatoms. The molecule has 0 saturated carbocycles. The van der Waals surface area contributed by atoms with E-state index in [1.165, 1.54) is 6.92 Å². The molecule has 0 saturated heterocycles. The summed E-state index contributed by atoms with van der Waals surface area (Å²) in [4.78, 5) is 23.7. The zero-order valence-electron chi connectivity index (χ0n) is 14.1. The van der Waals surface area contributed by atoms with Gasteiger partial charge in [-0.15, -0.1) is 0 Å². The van der Waals surface area contributed by atoms with Crippen LogP contribution < -0.4 is 10.6 Å².